The maximum Gasteiger partial charge on any atom is 0.326 e. The van der Waals surface area contributed by atoms with E-state index in [0.29, 0.717) is 0 Å². The Kier molecular flexibility index (Phi) is 4.09. The number of aliphatic carboxylic acids is 1. The van der Waals surface area contributed by atoms with Gasteiger partial charge in [0, 0.05) is 0 Å². The summed E-state index contributed by atoms with van der Waals surface area (Å²) in [4.78, 5) is 22.5. The molecular weight excluding hydrogens is 222 g/mol. The lowest BCUT2D eigenvalue weighted by Gasteiger charge is -2.13. The lowest BCUT2D eigenvalue weighted by molar-refractivity contribution is -0.139. The number of carboxylic acid groups (broad SMARTS) is 1. The summed E-state index contributed by atoms with van der Waals surface area (Å²) in [5.41, 5.74) is 0.904. The van der Waals surface area contributed by atoms with Gasteiger partial charge in [0.15, 0.2) is 0 Å². The zero-order valence-corrected chi connectivity index (χ0v) is 9.73. The molecule has 0 saturated heterocycles. The van der Waals surface area contributed by atoms with Crippen LogP contribution in [0.1, 0.15) is 29.3 Å². The molecule has 0 aromatic heterocycles. The monoisotopic (exact) mass is 237 g/mol. The smallest absolute Gasteiger partial charge is 0.326 e. The SMILES string of the molecule is CC[C@H](NC(=O)c1cc(C)ccc1O)C(=O)O. The van der Waals surface area contributed by atoms with Crippen molar-refractivity contribution in [3.8, 4) is 5.75 Å². The van der Waals surface area contributed by atoms with E-state index >= 15 is 0 Å². The average molecular weight is 237 g/mol. The van der Waals surface area contributed by atoms with E-state index in [9.17, 15) is 14.7 Å². The minimum absolute atomic E-state index is 0.0877. The molecular formula is C12H15NO4. The second-order valence-corrected chi connectivity index (χ2v) is 3.79. The van der Waals surface area contributed by atoms with Crippen LogP contribution >= 0.6 is 0 Å². The van der Waals surface area contributed by atoms with Gasteiger partial charge in [-0.15, -0.1) is 0 Å². The minimum Gasteiger partial charge on any atom is -0.507 e. The van der Waals surface area contributed by atoms with E-state index < -0.39 is 17.9 Å². The predicted octanol–water partition coefficient (Wildman–Crippen LogP) is 1.29. The van der Waals surface area contributed by atoms with Crippen LogP contribution in [0.5, 0.6) is 5.75 Å². The molecule has 1 aromatic rings. The van der Waals surface area contributed by atoms with Crippen molar-refractivity contribution in [1.29, 1.82) is 0 Å². The lowest BCUT2D eigenvalue weighted by atomic mass is 10.1. The molecule has 92 valence electrons. The van der Waals surface area contributed by atoms with Crippen LogP contribution in [0.15, 0.2) is 18.2 Å². The molecule has 1 amide bonds. The van der Waals surface area contributed by atoms with Gasteiger partial charge < -0.3 is 15.5 Å². The highest BCUT2D eigenvalue weighted by atomic mass is 16.4. The summed E-state index contributed by atoms with van der Waals surface area (Å²) in [6, 6.07) is 3.65. The van der Waals surface area contributed by atoms with Crippen LogP contribution in [0.2, 0.25) is 0 Å². The zero-order valence-electron chi connectivity index (χ0n) is 9.73. The summed E-state index contributed by atoms with van der Waals surface area (Å²) in [6.45, 7) is 3.44. The van der Waals surface area contributed by atoms with Gasteiger partial charge in [-0.05, 0) is 25.5 Å². The van der Waals surface area contributed by atoms with Crippen LogP contribution < -0.4 is 5.32 Å². The van der Waals surface area contributed by atoms with Crippen molar-refractivity contribution in [1.82, 2.24) is 5.32 Å². The first-order valence-electron chi connectivity index (χ1n) is 5.29. The van der Waals surface area contributed by atoms with Crippen LogP contribution in [0.25, 0.3) is 0 Å². The van der Waals surface area contributed by atoms with E-state index in [2.05, 4.69) is 5.32 Å². The average Bonchev–Trinajstić information content (AvgIpc) is 2.28. The van der Waals surface area contributed by atoms with Crippen molar-refractivity contribution in [3.63, 3.8) is 0 Å². The van der Waals surface area contributed by atoms with Crippen LogP contribution in [0.3, 0.4) is 0 Å². The van der Waals surface area contributed by atoms with E-state index in [1.165, 1.54) is 12.1 Å². The fourth-order valence-corrected chi connectivity index (χ4v) is 1.41. The minimum atomic E-state index is -1.09. The van der Waals surface area contributed by atoms with Crippen molar-refractivity contribution in [3.05, 3.63) is 29.3 Å². The van der Waals surface area contributed by atoms with Gasteiger partial charge in [-0.2, -0.15) is 0 Å². The zero-order chi connectivity index (χ0) is 13.0. The van der Waals surface area contributed by atoms with E-state index in [1.807, 2.05) is 0 Å². The first-order chi connectivity index (χ1) is 7.95. The Labute approximate surface area is 99.1 Å². The number of carboxylic acids is 1. The highest BCUT2D eigenvalue weighted by Gasteiger charge is 2.20. The van der Waals surface area contributed by atoms with E-state index in [4.69, 9.17) is 5.11 Å². The van der Waals surface area contributed by atoms with Crippen LogP contribution in [-0.2, 0) is 4.79 Å². The number of hydrogen-bond donors (Lipinski definition) is 3. The van der Waals surface area contributed by atoms with Crippen LogP contribution in [0.4, 0.5) is 0 Å². The summed E-state index contributed by atoms with van der Waals surface area (Å²) >= 11 is 0. The maximum absolute atomic E-state index is 11.8. The molecule has 0 aliphatic carbocycles. The summed E-state index contributed by atoms with van der Waals surface area (Å²) in [5.74, 6) is -1.83. The van der Waals surface area contributed by atoms with E-state index in [1.54, 1.807) is 19.9 Å². The number of aryl methyl sites for hydroxylation is 1. The fourth-order valence-electron chi connectivity index (χ4n) is 1.41. The third kappa shape index (κ3) is 3.21. The molecule has 0 saturated carbocycles. The normalized spacial score (nSPS) is 11.9. The number of benzene rings is 1. The molecule has 0 heterocycles. The van der Waals surface area contributed by atoms with Crippen LogP contribution in [0, 0.1) is 6.92 Å². The van der Waals surface area contributed by atoms with Gasteiger partial charge in [0.1, 0.15) is 11.8 Å². The van der Waals surface area contributed by atoms with Crippen molar-refractivity contribution in [2.24, 2.45) is 0 Å². The molecule has 1 rings (SSSR count). The molecule has 0 unspecified atom stereocenters. The lowest BCUT2D eigenvalue weighted by Crippen LogP contribution is -2.40. The molecule has 3 N–H and O–H groups in total. The first-order valence-corrected chi connectivity index (χ1v) is 5.29. The van der Waals surface area contributed by atoms with Crippen LogP contribution in [-0.4, -0.2) is 28.1 Å². The Bertz CT molecular complexity index is 442. The topological polar surface area (TPSA) is 86.6 Å². The number of amides is 1. The summed E-state index contributed by atoms with van der Waals surface area (Å²) in [7, 11) is 0. The number of phenolic OH excluding ortho intramolecular Hbond substituents is 1. The Balaban J connectivity index is 2.89. The van der Waals surface area contributed by atoms with Gasteiger partial charge in [-0.1, -0.05) is 18.6 Å². The Hall–Kier alpha value is -2.04. The predicted molar refractivity (Wildman–Crippen MR) is 62.0 cm³/mol. The number of carbonyl (C=O) groups is 2. The molecule has 0 aliphatic heterocycles. The van der Waals surface area contributed by atoms with Crippen molar-refractivity contribution >= 4 is 11.9 Å². The Morgan fingerprint density at radius 1 is 1.41 bits per heavy atom. The summed E-state index contributed by atoms with van der Waals surface area (Å²) in [5, 5.41) is 20.7. The highest BCUT2D eigenvalue weighted by Crippen LogP contribution is 2.18. The van der Waals surface area contributed by atoms with E-state index in [-0.39, 0.29) is 17.7 Å². The summed E-state index contributed by atoms with van der Waals surface area (Å²) in [6.07, 6.45) is 0.285. The third-order valence-corrected chi connectivity index (χ3v) is 2.41. The number of nitrogens with one attached hydrogen (secondary N) is 1. The fraction of sp³-hybridized carbons (Fsp3) is 0.333. The number of aromatic hydroxyl groups is 1. The van der Waals surface area contributed by atoms with Gasteiger partial charge in [-0.3, -0.25) is 4.79 Å². The largest absolute Gasteiger partial charge is 0.507 e. The van der Waals surface area contributed by atoms with Gasteiger partial charge in [-0.25, -0.2) is 4.79 Å². The molecule has 5 heteroatoms. The number of phenols is 1. The Morgan fingerprint density at radius 3 is 2.59 bits per heavy atom. The van der Waals surface area contributed by atoms with Crippen molar-refractivity contribution < 1.29 is 19.8 Å². The molecule has 0 radical (unpaired) electrons. The molecule has 0 fully saturated rings. The first kappa shape index (κ1) is 13.0. The molecule has 5 nitrogen and oxygen atoms in total. The highest BCUT2D eigenvalue weighted by molar-refractivity contribution is 5.98. The van der Waals surface area contributed by atoms with Gasteiger partial charge in [0.2, 0.25) is 0 Å². The van der Waals surface area contributed by atoms with Crippen molar-refractivity contribution in [2.45, 2.75) is 26.3 Å². The maximum atomic E-state index is 11.8. The molecule has 17 heavy (non-hydrogen) atoms. The number of hydrogen-bond acceptors (Lipinski definition) is 3. The molecule has 1 aromatic carbocycles. The second kappa shape index (κ2) is 5.34. The number of rotatable bonds is 4. The standard InChI is InChI=1S/C12H15NO4/c1-3-9(12(16)17)13-11(15)8-6-7(2)4-5-10(8)14/h4-6,9,14H,3H2,1-2H3,(H,13,15)(H,16,17)/t9-/m0/s1. The third-order valence-electron chi connectivity index (χ3n) is 2.41. The van der Waals surface area contributed by atoms with Gasteiger partial charge >= 0.3 is 5.97 Å². The molecule has 0 bridgehead atoms. The molecule has 0 aliphatic rings. The summed E-state index contributed by atoms with van der Waals surface area (Å²) < 4.78 is 0. The molecule has 1 atom stereocenters. The number of carbonyl (C=O) groups excluding carboxylic acids is 1. The van der Waals surface area contributed by atoms with Gasteiger partial charge in [0.05, 0.1) is 5.56 Å². The van der Waals surface area contributed by atoms with E-state index in [0.717, 1.165) is 5.56 Å². The van der Waals surface area contributed by atoms with Gasteiger partial charge in [0.25, 0.3) is 5.91 Å². The quantitative estimate of drug-likeness (QED) is 0.736. The molecule has 0 spiro atoms. The Morgan fingerprint density at radius 2 is 2.06 bits per heavy atom. The second-order valence-electron chi connectivity index (χ2n) is 3.79. The van der Waals surface area contributed by atoms with Crippen molar-refractivity contribution in [2.75, 3.05) is 0 Å².